The van der Waals surface area contributed by atoms with Crippen LogP contribution in [0.5, 0.6) is 0 Å². The monoisotopic (exact) mass is 251 g/mol. The minimum Gasteiger partial charge on any atom is -0.361 e. The van der Waals surface area contributed by atoms with Gasteiger partial charge in [-0.3, -0.25) is 0 Å². The minimum atomic E-state index is 0.329. The molecule has 0 aliphatic carbocycles. The summed E-state index contributed by atoms with van der Waals surface area (Å²) in [5.74, 6) is 0.937. The second-order valence-electron chi connectivity index (χ2n) is 5.32. The summed E-state index contributed by atoms with van der Waals surface area (Å²) in [5, 5.41) is 7.57. The number of likely N-dealkylation sites (tertiary alicyclic amines) is 1. The molecule has 1 unspecified atom stereocenters. The van der Waals surface area contributed by atoms with Gasteiger partial charge in [-0.15, -0.1) is 0 Å². The number of aromatic nitrogens is 1. The molecule has 4 nitrogen and oxygen atoms in total. The van der Waals surface area contributed by atoms with Gasteiger partial charge in [0.15, 0.2) is 0 Å². The molecular weight excluding hydrogens is 226 g/mol. The van der Waals surface area contributed by atoms with Gasteiger partial charge in [-0.05, 0) is 66.2 Å². The molecule has 102 valence electrons. The number of nitrogens with one attached hydrogen (secondary N) is 1. The van der Waals surface area contributed by atoms with E-state index >= 15 is 0 Å². The van der Waals surface area contributed by atoms with Crippen molar-refractivity contribution in [2.45, 2.75) is 46.1 Å². The van der Waals surface area contributed by atoms with E-state index in [0.717, 1.165) is 18.0 Å². The molecule has 2 rings (SSSR count). The fourth-order valence-electron chi connectivity index (χ4n) is 2.84. The SMILES string of the molecule is Cc1noc(C)c1C(C)NCCCN1CCCC1. The first-order valence-electron chi connectivity index (χ1n) is 7.07. The van der Waals surface area contributed by atoms with Gasteiger partial charge in [0.25, 0.3) is 0 Å². The molecule has 1 atom stereocenters. The lowest BCUT2D eigenvalue weighted by Gasteiger charge is -2.17. The highest BCUT2D eigenvalue weighted by molar-refractivity contribution is 5.24. The average molecular weight is 251 g/mol. The summed E-state index contributed by atoms with van der Waals surface area (Å²) in [6.45, 7) is 11.0. The molecule has 4 heteroatoms. The van der Waals surface area contributed by atoms with Gasteiger partial charge in [0.2, 0.25) is 0 Å². The molecule has 0 bridgehead atoms. The van der Waals surface area contributed by atoms with Crippen LogP contribution in [-0.4, -0.2) is 36.2 Å². The van der Waals surface area contributed by atoms with E-state index in [0.29, 0.717) is 6.04 Å². The van der Waals surface area contributed by atoms with E-state index in [2.05, 4.69) is 22.3 Å². The van der Waals surface area contributed by atoms with Crippen LogP contribution in [0.4, 0.5) is 0 Å². The summed E-state index contributed by atoms with van der Waals surface area (Å²) < 4.78 is 5.21. The number of hydrogen-bond acceptors (Lipinski definition) is 4. The third-order valence-electron chi connectivity index (χ3n) is 3.82. The third-order valence-corrected chi connectivity index (χ3v) is 3.82. The fourth-order valence-corrected chi connectivity index (χ4v) is 2.84. The van der Waals surface area contributed by atoms with E-state index < -0.39 is 0 Å². The second kappa shape index (κ2) is 6.34. The van der Waals surface area contributed by atoms with Crippen LogP contribution in [0.1, 0.15) is 49.2 Å². The highest BCUT2D eigenvalue weighted by Gasteiger charge is 2.16. The topological polar surface area (TPSA) is 41.3 Å². The largest absolute Gasteiger partial charge is 0.361 e. The van der Waals surface area contributed by atoms with Crippen LogP contribution in [0.3, 0.4) is 0 Å². The van der Waals surface area contributed by atoms with Crippen molar-refractivity contribution in [2.75, 3.05) is 26.2 Å². The quantitative estimate of drug-likeness (QED) is 0.788. The van der Waals surface area contributed by atoms with Crippen molar-refractivity contribution in [3.63, 3.8) is 0 Å². The summed E-state index contributed by atoms with van der Waals surface area (Å²) in [6, 6.07) is 0.329. The lowest BCUT2D eigenvalue weighted by atomic mass is 10.1. The first-order valence-corrected chi connectivity index (χ1v) is 7.07. The molecule has 1 fully saturated rings. The molecule has 1 aliphatic heterocycles. The molecule has 2 heterocycles. The maximum Gasteiger partial charge on any atom is 0.138 e. The first kappa shape index (κ1) is 13.6. The van der Waals surface area contributed by atoms with Gasteiger partial charge in [0.05, 0.1) is 5.69 Å². The van der Waals surface area contributed by atoms with Gasteiger partial charge >= 0.3 is 0 Å². The van der Waals surface area contributed by atoms with Crippen molar-refractivity contribution in [1.29, 1.82) is 0 Å². The van der Waals surface area contributed by atoms with Crippen molar-refractivity contribution in [2.24, 2.45) is 0 Å². The molecule has 1 aromatic rings. The van der Waals surface area contributed by atoms with Gasteiger partial charge in [0, 0.05) is 11.6 Å². The predicted molar refractivity (Wildman–Crippen MR) is 72.7 cm³/mol. The van der Waals surface area contributed by atoms with E-state index in [9.17, 15) is 0 Å². The Bertz CT molecular complexity index is 350. The Balaban J connectivity index is 1.70. The predicted octanol–water partition coefficient (Wildman–Crippen LogP) is 2.43. The normalized spacial score (nSPS) is 18.4. The van der Waals surface area contributed by atoms with Crippen LogP contribution >= 0.6 is 0 Å². The maximum absolute atomic E-state index is 5.21. The first-order chi connectivity index (χ1) is 8.68. The van der Waals surface area contributed by atoms with Gasteiger partial charge < -0.3 is 14.7 Å². The summed E-state index contributed by atoms with van der Waals surface area (Å²) in [7, 11) is 0. The summed E-state index contributed by atoms with van der Waals surface area (Å²) in [4.78, 5) is 2.56. The zero-order valence-electron chi connectivity index (χ0n) is 11.8. The van der Waals surface area contributed by atoms with Crippen LogP contribution in [0.2, 0.25) is 0 Å². The summed E-state index contributed by atoms with van der Waals surface area (Å²) >= 11 is 0. The van der Waals surface area contributed by atoms with Crippen LogP contribution in [0.15, 0.2) is 4.52 Å². The Morgan fingerprint density at radius 3 is 2.67 bits per heavy atom. The smallest absolute Gasteiger partial charge is 0.138 e. The molecular formula is C14H25N3O. The molecule has 0 saturated carbocycles. The van der Waals surface area contributed by atoms with E-state index in [1.807, 2.05) is 13.8 Å². The molecule has 0 spiro atoms. The molecule has 1 saturated heterocycles. The fraction of sp³-hybridized carbons (Fsp3) is 0.786. The minimum absolute atomic E-state index is 0.329. The van der Waals surface area contributed by atoms with E-state index in [1.54, 1.807) is 0 Å². The highest BCUT2D eigenvalue weighted by atomic mass is 16.5. The molecule has 18 heavy (non-hydrogen) atoms. The third kappa shape index (κ3) is 3.33. The molecule has 1 aliphatic rings. The van der Waals surface area contributed by atoms with Crippen LogP contribution in [0, 0.1) is 13.8 Å². The summed E-state index contributed by atoms with van der Waals surface area (Å²) in [6.07, 6.45) is 3.97. The molecule has 1 aromatic heterocycles. The maximum atomic E-state index is 5.21. The Labute approximate surface area is 110 Å². The number of aryl methyl sites for hydroxylation is 2. The van der Waals surface area contributed by atoms with Crippen LogP contribution in [0.25, 0.3) is 0 Å². The lowest BCUT2D eigenvalue weighted by molar-refractivity contribution is 0.328. The number of nitrogens with zero attached hydrogens (tertiary/aromatic N) is 2. The van der Waals surface area contributed by atoms with Crippen LogP contribution in [-0.2, 0) is 0 Å². The van der Waals surface area contributed by atoms with Gasteiger partial charge in [0.1, 0.15) is 5.76 Å². The molecule has 0 amide bonds. The van der Waals surface area contributed by atoms with E-state index in [4.69, 9.17) is 4.52 Å². The van der Waals surface area contributed by atoms with Gasteiger partial charge in [-0.25, -0.2) is 0 Å². The molecule has 1 N–H and O–H groups in total. The summed E-state index contributed by atoms with van der Waals surface area (Å²) in [5.41, 5.74) is 2.23. The van der Waals surface area contributed by atoms with Crippen molar-refractivity contribution in [3.05, 3.63) is 17.0 Å². The Hall–Kier alpha value is -0.870. The standard InChI is InChI=1S/C14H25N3O/c1-11(14-12(2)16-18-13(14)3)15-7-6-10-17-8-4-5-9-17/h11,15H,4-10H2,1-3H3. The van der Waals surface area contributed by atoms with E-state index in [-0.39, 0.29) is 0 Å². The molecule has 0 aromatic carbocycles. The van der Waals surface area contributed by atoms with E-state index in [1.165, 1.54) is 44.5 Å². The van der Waals surface area contributed by atoms with Gasteiger partial charge in [-0.2, -0.15) is 0 Å². The van der Waals surface area contributed by atoms with Crippen molar-refractivity contribution >= 4 is 0 Å². The van der Waals surface area contributed by atoms with Crippen molar-refractivity contribution in [1.82, 2.24) is 15.4 Å². The zero-order valence-corrected chi connectivity index (χ0v) is 11.8. The molecule has 0 radical (unpaired) electrons. The van der Waals surface area contributed by atoms with Crippen LogP contribution < -0.4 is 5.32 Å². The zero-order chi connectivity index (χ0) is 13.0. The average Bonchev–Trinajstić information content (AvgIpc) is 2.95. The van der Waals surface area contributed by atoms with Gasteiger partial charge in [-0.1, -0.05) is 5.16 Å². The Kier molecular flexibility index (Phi) is 4.78. The Morgan fingerprint density at radius 2 is 2.06 bits per heavy atom. The second-order valence-corrected chi connectivity index (χ2v) is 5.32. The lowest BCUT2D eigenvalue weighted by Crippen LogP contribution is -2.26. The number of hydrogen-bond donors (Lipinski definition) is 1. The highest BCUT2D eigenvalue weighted by Crippen LogP contribution is 2.20. The Morgan fingerprint density at radius 1 is 1.33 bits per heavy atom. The van der Waals surface area contributed by atoms with Crippen molar-refractivity contribution < 1.29 is 4.52 Å². The van der Waals surface area contributed by atoms with Crippen molar-refractivity contribution in [3.8, 4) is 0 Å². The number of rotatable bonds is 6.